The normalized spacial score (nSPS) is 21.0. The van der Waals surface area contributed by atoms with E-state index in [1.54, 1.807) is 18.2 Å². The molecular weight excluding hydrogens is 333 g/mol. The smallest absolute Gasteiger partial charge is 0.338 e. The minimum Gasteiger partial charge on any atom is -0.459 e. The maximum Gasteiger partial charge on any atom is 0.338 e. The fourth-order valence-corrected chi connectivity index (χ4v) is 3.35. The van der Waals surface area contributed by atoms with Crippen LogP contribution in [0, 0.1) is 0 Å². The molecule has 2 aromatic rings. The zero-order valence-electron chi connectivity index (χ0n) is 12.5. The Balaban J connectivity index is 1.66. The summed E-state index contributed by atoms with van der Waals surface area (Å²) in [6, 6.07) is 15.1. The number of hydrogen-bond donors (Lipinski definition) is 1. The van der Waals surface area contributed by atoms with Crippen molar-refractivity contribution in [3.05, 3.63) is 69.7 Å². The Morgan fingerprint density at radius 3 is 2.48 bits per heavy atom. The summed E-state index contributed by atoms with van der Waals surface area (Å²) in [7, 11) is 0. The van der Waals surface area contributed by atoms with Crippen molar-refractivity contribution in [2.75, 3.05) is 6.54 Å². The molecule has 0 spiro atoms. The Kier molecular flexibility index (Phi) is 5.21. The molecule has 0 bridgehead atoms. The fourth-order valence-electron chi connectivity index (χ4n) is 2.82. The third-order valence-corrected chi connectivity index (χ3v) is 4.37. The van der Waals surface area contributed by atoms with Gasteiger partial charge in [0.05, 0.1) is 5.56 Å². The first-order valence-electron chi connectivity index (χ1n) is 7.57. The number of piperidine rings is 1. The van der Waals surface area contributed by atoms with E-state index in [-0.39, 0.29) is 18.1 Å². The summed E-state index contributed by atoms with van der Waals surface area (Å²) in [6.07, 6.45) is 1.43. The first kappa shape index (κ1) is 16.3. The molecule has 1 N–H and O–H groups in total. The van der Waals surface area contributed by atoms with Crippen LogP contribution < -0.4 is 5.32 Å². The van der Waals surface area contributed by atoms with E-state index in [9.17, 15) is 4.79 Å². The molecule has 0 radical (unpaired) electrons. The van der Waals surface area contributed by atoms with Gasteiger partial charge in [0.2, 0.25) is 0 Å². The molecule has 3 rings (SSSR count). The molecule has 1 aliphatic heterocycles. The molecule has 0 aromatic heterocycles. The Labute approximate surface area is 145 Å². The van der Waals surface area contributed by atoms with E-state index in [4.69, 9.17) is 27.9 Å². The van der Waals surface area contributed by atoms with Crippen molar-refractivity contribution in [3.63, 3.8) is 0 Å². The van der Waals surface area contributed by atoms with Crippen molar-refractivity contribution >= 4 is 29.2 Å². The molecule has 0 amide bonds. The van der Waals surface area contributed by atoms with Crippen LogP contribution in [0.3, 0.4) is 0 Å². The van der Waals surface area contributed by atoms with Crippen molar-refractivity contribution in [2.45, 2.75) is 25.0 Å². The fraction of sp³-hybridized carbons (Fsp3) is 0.278. The predicted molar refractivity (Wildman–Crippen MR) is 92.1 cm³/mol. The number of rotatable bonds is 3. The summed E-state index contributed by atoms with van der Waals surface area (Å²) in [5.74, 6) is -0.381. The summed E-state index contributed by atoms with van der Waals surface area (Å²) >= 11 is 11.9. The molecule has 1 saturated heterocycles. The highest BCUT2D eigenvalue weighted by molar-refractivity contribution is 6.35. The number of carbonyl (C=O) groups is 1. The highest BCUT2D eigenvalue weighted by Crippen LogP contribution is 2.26. The van der Waals surface area contributed by atoms with Crippen molar-refractivity contribution in [2.24, 2.45) is 0 Å². The van der Waals surface area contributed by atoms with Crippen molar-refractivity contribution < 1.29 is 9.53 Å². The average molecular weight is 350 g/mol. The van der Waals surface area contributed by atoms with Crippen LogP contribution in [0.5, 0.6) is 0 Å². The van der Waals surface area contributed by atoms with Gasteiger partial charge in [-0.1, -0.05) is 53.5 Å². The minimum atomic E-state index is -0.381. The second-order valence-corrected chi connectivity index (χ2v) is 6.50. The molecule has 1 fully saturated rings. The molecule has 0 aliphatic carbocycles. The van der Waals surface area contributed by atoms with Gasteiger partial charge in [0.1, 0.15) is 6.10 Å². The first-order chi connectivity index (χ1) is 11.1. The van der Waals surface area contributed by atoms with Gasteiger partial charge in [0.15, 0.2) is 0 Å². The zero-order valence-corrected chi connectivity index (χ0v) is 14.0. The van der Waals surface area contributed by atoms with E-state index in [0.29, 0.717) is 15.6 Å². The molecule has 0 saturated carbocycles. The molecule has 3 nitrogen and oxygen atoms in total. The van der Waals surface area contributed by atoms with Gasteiger partial charge in [-0.05, 0) is 36.7 Å². The van der Waals surface area contributed by atoms with Crippen molar-refractivity contribution in [1.29, 1.82) is 0 Å². The largest absolute Gasteiger partial charge is 0.459 e. The van der Waals surface area contributed by atoms with Gasteiger partial charge in [-0.25, -0.2) is 4.79 Å². The predicted octanol–water partition coefficient (Wildman–Crippen LogP) is 4.64. The molecule has 2 atom stereocenters. The molecule has 23 heavy (non-hydrogen) atoms. The van der Waals surface area contributed by atoms with Crippen LogP contribution >= 0.6 is 23.2 Å². The summed E-state index contributed by atoms with van der Waals surface area (Å²) in [6.45, 7) is 0.813. The average Bonchev–Trinajstić information content (AvgIpc) is 2.55. The molecule has 120 valence electrons. The van der Waals surface area contributed by atoms with Crippen molar-refractivity contribution in [3.8, 4) is 0 Å². The maximum atomic E-state index is 12.3. The zero-order chi connectivity index (χ0) is 16.2. The minimum absolute atomic E-state index is 0.119. The number of halogens is 2. The third kappa shape index (κ3) is 4.25. The Morgan fingerprint density at radius 1 is 1.09 bits per heavy atom. The number of benzene rings is 2. The first-order valence-corrected chi connectivity index (χ1v) is 8.33. The van der Waals surface area contributed by atoms with Crippen LogP contribution in [0.4, 0.5) is 0 Å². The Hall–Kier alpha value is -1.55. The van der Waals surface area contributed by atoms with Gasteiger partial charge in [0, 0.05) is 22.5 Å². The summed E-state index contributed by atoms with van der Waals surface area (Å²) in [5.41, 5.74) is 1.59. The topological polar surface area (TPSA) is 38.3 Å². The lowest BCUT2D eigenvalue weighted by Gasteiger charge is -2.30. The third-order valence-electron chi connectivity index (χ3n) is 3.93. The van der Waals surface area contributed by atoms with Gasteiger partial charge < -0.3 is 10.1 Å². The summed E-state index contributed by atoms with van der Waals surface area (Å²) < 4.78 is 5.64. The van der Waals surface area contributed by atoms with E-state index in [1.165, 1.54) is 5.56 Å². The highest BCUT2D eigenvalue weighted by atomic mass is 35.5. The molecular formula is C18H17Cl2NO2. The second-order valence-electron chi connectivity index (χ2n) is 5.63. The molecule has 5 heteroatoms. The lowest BCUT2D eigenvalue weighted by molar-refractivity contribution is 0.0183. The molecule has 0 unspecified atom stereocenters. The highest BCUT2D eigenvalue weighted by Gasteiger charge is 2.26. The van der Waals surface area contributed by atoms with E-state index in [2.05, 4.69) is 17.4 Å². The molecule has 1 aliphatic rings. The number of esters is 1. The Morgan fingerprint density at radius 2 is 1.78 bits per heavy atom. The van der Waals surface area contributed by atoms with E-state index in [0.717, 1.165) is 19.4 Å². The van der Waals surface area contributed by atoms with E-state index >= 15 is 0 Å². The van der Waals surface area contributed by atoms with Gasteiger partial charge >= 0.3 is 5.97 Å². The quantitative estimate of drug-likeness (QED) is 0.820. The molecule has 2 aromatic carbocycles. The van der Waals surface area contributed by atoms with Gasteiger partial charge in [-0.2, -0.15) is 0 Å². The summed E-state index contributed by atoms with van der Waals surface area (Å²) in [4.78, 5) is 12.3. The SMILES string of the molecule is O=C(O[C@H]1CCN[C@@H](c2ccccc2)C1)c1cc(Cl)cc(Cl)c1. The van der Waals surface area contributed by atoms with Crippen LogP contribution in [0.1, 0.15) is 34.8 Å². The molecule has 1 heterocycles. The maximum absolute atomic E-state index is 12.3. The number of nitrogens with one attached hydrogen (secondary N) is 1. The lowest BCUT2D eigenvalue weighted by atomic mass is 9.95. The monoisotopic (exact) mass is 349 g/mol. The lowest BCUT2D eigenvalue weighted by Crippen LogP contribution is -2.36. The van der Waals surface area contributed by atoms with Crippen LogP contribution in [0.25, 0.3) is 0 Å². The summed E-state index contributed by atoms with van der Waals surface area (Å²) in [5, 5.41) is 4.32. The van der Waals surface area contributed by atoms with Crippen LogP contribution in [-0.2, 0) is 4.74 Å². The van der Waals surface area contributed by atoms with E-state index in [1.807, 2.05) is 18.2 Å². The number of ether oxygens (including phenoxy) is 1. The standard InChI is InChI=1S/C18H17Cl2NO2/c19-14-8-13(9-15(20)10-14)18(22)23-16-6-7-21-17(11-16)12-4-2-1-3-5-12/h1-5,8-10,16-17,21H,6-7,11H2/t16-,17+/m0/s1. The Bertz CT molecular complexity index is 670. The second kappa shape index (κ2) is 7.35. The van der Waals surface area contributed by atoms with E-state index < -0.39 is 0 Å². The van der Waals surface area contributed by atoms with Crippen LogP contribution in [0.15, 0.2) is 48.5 Å². The van der Waals surface area contributed by atoms with Crippen LogP contribution in [-0.4, -0.2) is 18.6 Å². The van der Waals surface area contributed by atoms with Gasteiger partial charge in [0.25, 0.3) is 0 Å². The number of hydrogen-bond acceptors (Lipinski definition) is 3. The van der Waals surface area contributed by atoms with Gasteiger partial charge in [-0.3, -0.25) is 0 Å². The van der Waals surface area contributed by atoms with Crippen LogP contribution in [0.2, 0.25) is 10.0 Å². The van der Waals surface area contributed by atoms with Gasteiger partial charge in [-0.15, -0.1) is 0 Å². The van der Waals surface area contributed by atoms with Crippen molar-refractivity contribution in [1.82, 2.24) is 5.32 Å². The number of carbonyl (C=O) groups excluding carboxylic acids is 1.